The summed E-state index contributed by atoms with van der Waals surface area (Å²) in [5.41, 5.74) is 0.242. The molecule has 0 radical (unpaired) electrons. The molecule has 0 aliphatic carbocycles. The van der Waals surface area contributed by atoms with Gasteiger partial charge in [0, 0.05) is 28.7 Å². The molecule has 0 atom stereocenters. The molecule has 1 rings (SSSR count). The number of alkyl halides is 1. The van der Waals surface area contributed by atoms with Gasteiger partial charge in [-0.05, 0) is 6.07 Å². The van der Waals surface area contributed by atoms with Gasteiger partial charge in [0.25, 0.3) is 11.6 Å². The minimum absolute atomic E-state index is 0.0721. The van der Waals surface area contributed by atoms with E-state index in [1.165, 1.54) is 18.2 Å². The van der Waals surface area contributed by atoms with Crippen molar-refractivity contribution in [1.29, 1.82) is 0 Å². The standard InChI is InChI=1S/C9H9IN2O3/c10-4-5-11-9(13)7-2-1-3-8(6-7)12(14)15/h1-3,6H,4-5H2,(H,11,13). The van der Waals surface area contributed by atoms with Crippen LogP contribution in [0.5, 0.6) is 0 Å². The average Bonchev–Trinajstić information content (AvgIpc) is 2.26. The molecule has 0 fully saturated rings. The molecule has 1 N–H and O–H groups in total. The molecule has 15 heavy (non-hydrogen) atoms. The van der Waals surface area contributed by atoms with Crippen LogP contribution in [-0.4, -0.2) is 21.8 Å². The number of amides is 1. The topological polar surface area (TPSA) is 72.2 Å². The second kappa shape index (κ2) is 5.64. The van der Waals surface area contributed by atoms with Gasteiger partial charge in [-0.25, -0.2) is 0 Å². The number of nitrogens with zero attached hydrogens (tertiary/aromatic N) is 1. The Morgan fingerprint density at radius 1 is 1.53 bits per heavy atom. The fourth-order valence-electron chi connectivity index (χ4n) is 1.02. The summed E-state index contributed by atoms with van der Waals surface area (Å²) in [5, 5.41) is 13.1. The van der Waals surface area contributed by atoms with Gasteiger partial charge in [-0.2, -0.15) is 0 Å². The van der Waals surface area contributed by atoms with Crippen LogP contribution < -0.4 is 5.32 Å². The van der Waals surface area contributed by atoms with Crippen molar-refractivity contribution in [1.82, 2.24) is 5.32 Å². The first kappa shape index (κ1) is 11.9. The zero-order valence-corrected chi connectivity index (χ0v) is 9.93. The minimum atomic E-state index is -0.519. The fraction of sp³-hybridized carbons (Fsp3) is 0.222. The molecular formula is C9H9IN2O3. The molecule has 0 heterocycles. The van der Waals surface area contributed by atoms with Crippen LogP contribution in [0, 0.1) is 10.1 Å². The number of carbonyl (C=O) groups is 1. The lowest BCUT2D eigenvalue weighted by Gasteiger charge is -2.02. The molecule has 0 spiro atoms. The van der Waals surface area contributed by atoms with Crippen LogP contribution in [0.15, 0.2) is 24.3 Å². The lowest BCUT2D eigenvalue weighted by atomic mass is 10.2. The molecule has 1 amide bonds. The van der Waals surface area contributed by atoms with E-state index in [0.717, 1.165) is 4.43 Å². The van der Waals surface area contributed by atoms with E-state index in [0.29, 0.717) is 12.1 Å². The summed E-state index contributed by atoms with van der Waals surface area (Å²) in [6.07, 6.45) is 0. The minimum Gasteiger partial charge on any atom is -0.351 e. The highest BCUT2D eigenvalue weighted by Crippen LogP contribution is 2.12. The molecule has 6 heteroatoms. The van der Waals surface area contributed by atoms with Crippen molar-refractivity contribution in [3.8, 4) is 0 Å². The lowest BCUT2D eigenvalue weighted by molar-refractivity contribution is -0.384. The van der Waals surface area contributed by atoms with Crippen molar-refractivity contribution in [2.24, 2.45) is 0 Å². The van der Waals surface area contributed by atoms with Gasteiger partial charge in [0.1, 0.15) is 0 Å². The van der Waals surface area contributed by atoms with Crippen molar-refractivity contribution in [3.63, 3.8) is 0 Å². The highest BCUT2D eigenvalue weighted by molar-refractivity contribution is 14.1. The van der Waals surface area contributed by atoms with Crippen molar-refractivity contribution in [2.75, 3.05) is 11.0 Å². The zero-order valence-electron chi connectivity index (χ0n) is 7.77. The molecule has 5 nitrogen and oxygen atoms in total. The maximum Gasteiger partial charge on any atom is 0.270 e. The van der Waals surface area contributed by atoms with Crippen LogP contribution in [0.25, 0.3) is 0 Å². The molecule has 0 saturated heterocycles. The predicted octanol–water partition coefficient (Wildman–Crippen LogP) is 1.76. The van der Waals surface area contributed by atoms with Crippen molar-refractivity contribution in [2.45, 2.75) is 0 Å². The summed E-state index contributed by atoms with van der Waals surface area (Å²) in [5.74, 6) is -0.282. The number of nitrogens with one attached hydrogen (secondary N) is 1. The van der Waals surface area contributed by atoms with E-state index in [1.54, 1.807) is 6.07 Å². The van der Waals surface area contributed by atoms with Crippen molar-refractivity contribution < 1.29 is 9.72 Å². The first-order valence-electron chi connectivity index (χ1n) is 4.24. The summed E-state index contributed by atoms with van der Waals surface area (Å²) in [7, 11) is 0. The highest BCUT2D eigenvalue weighted by atomic mass is 127. The van der Waals surface area contributed by atoms with Crippen LogP contribution in [0.2, 0.25) is 0 Å². The largest absolute Gasteiger partial charge is 0.351 e. The van der Waals surface area contributed by atoms with Gasteiger partial charge in [0.05, 0.1) is 4.92 Å². The van der Waals surface area contributed by atoms with E-state index in [2.05, 4.69) is 27.9 Å². The van der Waals surface area contributed by atoms with Gasteiger partial charge < -0.3 is 5.32 Å². The third-order valence-corrected chi connectivity index (χ3v) is 2.24. The maximum atomic E-state index is 11.4. The van der Waals surface area contributed by atoms with Crippen LogP contribution >= 0.6 is 22.6 Å². The molecule has 0 unspecified atom stereocenters. The number of hydrogen-bond donors (Lipinski definition) is 1. The number of non-ortho nitro benzene ring substituents is 1. The summed E-state index contributed by atoms with van der Waals surface area (Å²) in [6, 6.07) is 5.67. The second-order valence-electron chi connectivity index (χ2n) is 2.75. The normalized spacial score (nSPS) is 9.67. The van der Waals surface area contributed by atoms with E-state index in [4.69, 9.17) is 0 Å². The van der Waals surface area contributed by atoms with Gasteiger partial charge in [0.2, 0.25) is 0 Å². The molecular weight excluding hydrogens is 311 g/mol. The van der Waals surface area contributed by atoms with Gasteiger partial charge >= 0.3 is 0 Å². The smallest absolute Gasteiger partial charge is 0.270 e. The van der Waals surface area contributed by atoms with Crippen LogP contribution in [0.4, 0.5) is 5.69 Å². The van der Waals surface area contributed by atoms with Crippen molar-refractivity contribution in [3.05, 3.63) is 39.9 Å². The number of rotatable bonds is 4. The zero-order chi connectivity index (χ0) is 11.3. The number of nitro benzene ring substituents is 1. The first-order chi connectivity index (χ1) is 7.15. The Bertz CT molecular complexity index is 381. The van der Waals surface area contributed by atoms with E-state index in [9.17, 15) is 14.9 Å². The van der Waals surface area contributed by atoms with E-state index in [1.807, 2.05) is 0 Å². The molecule has 0 aromatic heterocycles. The summed E-state index contributed by atoms with van der Waals surface area (Å²) in [6.45, 7) is 0.558. The molecule has 0 aliphatic heterocycles. The Balaban J connectivity index is 2.81. The number of benzene rings is 1. The first-order valence-corrected chi connectivity index (χ1v) is 5.76. The monoisotopic (exact) mass is 320 g/mol. The average molecular weight is 320 g/mol. The Kier molecular flexibility index (Phi) is 4.47. The molecule has 0 saturated carbocycles. The molecule has 1 aromatic rings. The van der Waals surface area contributed by atoms with Crippen LogP contribution in [-0.2, 0) is 0 Å². The van der Waals surface area contributed by atoms with Gasteiger partial charge in [0.15, 0.2) is 0 Å². The van der Waals surface area contributed by atoms with E-state index >= 15 is 0 Å². The van der Waals surface area contributed by atoms with Crippen molar-refractivity contribution >= 4 is 34.2 Å². The Morgan fingerprint density at radius 3 is 2.87 bits per heavy atom. The number of hydrogen-bond acceptors (Lipinski definition) is 3. The predicted molar refractivity (Wildman–Crippen MR) is 64.3 cm³/mol. The number of nitro groups is 1. The van der Waals surface area contributed by atoms with E-state index in [-0.39, 0.29) is 11.6 Å². The third kappa shape index (κ3) is 3.46. The SMILES string of the molecule is O=C(NCCI)c1cccc([N+](=O)[O-])c1. The van der Waals surface area contributed by atoms with Gasteiger partial charge in [-0.1, -0.05) is 28.7 Å². The Morgan fingerprint density at radius 2 is 2.27 bits per heavy atom. The van der Waals surface area contributed by atoms with E-state index < -0.39 is 4.92 Å². The molecule has 1 aromatic carbocycles. The number of halogens is 1. The van der Waals surface area contributed by atoms with Gasteiger partial charge in [-0.3, -0.25) is 14.9 Å². The fourth-order valence-corrected chi connectivity index (χ4v) is 1.29. The summed E-state index contributed by atoms with van der Waals surface area (Å²) >= 11 is 2.13. The second-order valence-corrected chi connectivity index (χ2v) is 3.83. The van der Waals surface area contributed by atoms with Gasteiger partial charge in [-0.15, -0.1) is 0 Å². The molecule has 80 valence electrons. The van der Waals surface area contributed by atoms with Crippen LogP contribution in [0.1, 0.15) is 10.4 Å². The Labute approximate surface area is 100 Å². The number of carbonyl (C=O) groups excluding carboxylic acids is 1. The third-order valence-electron chi connectivity index (χ3n) is 1.70. The maximum absolute atomic E-state index is 11.4. The summed E-state index contributed by atoms with van der Waals surface area (Å²) < 4.78 is 0.804. The quantitative estimate of drug-likeness (QED) is 0.398. The summed E-state index contributed by atoms with van der Waals surface area (Å²) in [4.78, 5) is 21.4. The molecule has 0 bridgehead atoms. The lowest BCUT2D eigenvalue weighted by Crippen LogP contribution is -2.25. The van der Waals surface area contributed by atoms with Crippen LogP contribution in [0.3, 0.4) is 0 Å². The Hall–Kier alpha value is -1.18. The molecule has 0 aliphatic rings. The highest BCUT2D eigenvalue weighted by Gasteiger charge is 2.10.